The van der Waals surface area contributed by atoms with E-state index in [-0.39, 0.29) is 24.5 Å². The third kappa shape index (κ3) is 5.42. The first-order chi connectivity index (χ1) is 11.6. The number of carbonyl (C=O) groups is 1. The maximum absolute atomic E-state index is 12.2. The second-order valence-corrected chi connectivity index (χ2v) is 5.91. The van der Waals surface area contributed by atoms with Crippen molar-refractivity contribution in [2.75, 3.05) is 51.3 Å². The van der Waals surface area contributed by atoms with Gasteiger partial charge in [0.15, 0.2) is 5.96 Å². The zero-order chi connectivity index (χ0) is 17.4. The Morgan fingerprint density at radius 1 is 1.29 bits per heavy atom. The first-order valence-electron chi connectivity index (χ1n) is 8.23. The van der Waals surface area contributed by atoms with E-state index in [2.05, 4.69) is 27.3 Å². The average Bonchev–Trinajstić information content (AvgIpc) is 2.61. The van der Waals surface area contributed by atoms with Gasteiger partial charge in [0.2, 0.25) is 5.91 Å². The van der Waals surface area contributed by atoms with Gasteiger partial charge >= 0.3 is 0 Å². The third-order valence-corrected chi connectivity index (χ3v) is 3.95. The molecule has 1 amide bonds. The highest BCUT2D eigenvalue weighted by Crippen LogP contribution is 2.15. The highest BCUT2D eigenvalue weighted by atomic mass is 16.5. The van der Waals surface area contributed by atoms with Crippen molar-refractivity contribution >= 4 is 17.6 Å². The van der Waals surface area contributed by atoms with Crippen LogP contribution in [0.5, 0.6) is 0 Å². The summed E-state index contributed by atoms with van der Waals surface area (Å²) in [6.45, 7) is 5.62. The second-order valence-electron chi connectivity index (χ2n) is 5.91. The molecule has 0 aliphatic carbocycles. The number of benzene rings is 1. The number of hydrogen-bond donors (Lipinski definition) is 2. The third-order valence-electron chi connectivity index (χ3n) is 3.95. The van der Waals surface area contributed by atoms with E-state index in [1.807, 2.05) is 30.0 Å². The van der Waals surface area contributed by atoms with Crippen LogP contribution in [0.4, 0.5) is 5.69 Å². The van der Waals surface area contributed by atoms with Gasteiger partial charge in [-0.1, -0.05) is 18.2 Å². The Kier molecular flexibility index (Phi) is 6.87. The number of nitrogens with zero attached hydrogens (tertiary/aromatic N) is 3. The number of anilines is 1. The smallest absolute Gasteiger partial charge is 0.244 e. The largest absolute Gasteiger partial charge is 0.383 e. The topological polar surface area (TPSA) is 83.2 Å². The monoisotopic (exact) mass is 333 g/mol. The van der Waals surface area contributed by atoms with Gasteiger partial charge in [0.25, 0.3) is 0 Å². The van der Waals surface area contributed by atoms with Crippen LogP contribution in [-0.2, 0) is 9.53 Å². The molecule has 1 atom stereocenters. The Labute approximate surface area is 143 Å². The number of piperazine rings is 1. The summed E-state index contributed by atoms with van der Waals surface area (Å²) in [5, 5.41) is 2.99. The molecule has 1 heterocycles. The first kappa shape index (κ1) is 18.1. The Morgan fingerprint density at radius 3 is 2.58 bits per heavy atom. The summed E-state index contributed by atoms with van der Waals surface area (Å²) in [4.78, 5) is 20.5. The van der Waals surface area contributed by atoms with E-state index in [1.54, 1.807) is 7.11 Å². The summed E-state index contributed by atoms with van der Waals surface area (Å²) >= 11 is 0. The molecular formula is C17H27N5O2. The molecule has 24 heavy (non-hydrogen) atoms. The van der Waals surface area contributed by atoms with Gasteiger partial charge in [-0.2, -0.15) is 0 Å². The van der Waals surface area contributed by atoms with Gasteiger partial charge in [-0.3, -0.25) is 4.79 Å². The number of amides is 1. The minimum Gasteiger partial charge on any atom is -0.383 e. The van der Waals surface area contributed by atoms with Crippen molar-refractivity contribution < 1.29 is 9.53 Å². The molecule has 1 saturated heterocycles. The Balaban J connectivity index is 1.76. The van der Waals surface area contributed by atoms with Crippen LogP contribution in [0, 0.1) is 0 Å². The molecule has 7 nitrogen and oxygen atoms in total. The van der Waals surface area contributed by atoms with E-state index in [4.69, 9.17) is 10.5 Å². The SMILES string of the molecule is COCC(C)NC(N)=NCC(=O)N1CCN(c2ccccc2)CC1. The average molecular weight is 333 g/mol. The van der Waals surface area contributed by atoms with Crippen molar-refractivity contribution in [2.24, 2.45) is 10.7 Å². The maximum atomic E-state index is 12.2. The number of guanidine groups is 1. The van der Waals surface area contributed by atoms with Crippen LogP contribution in [0.1, 0.15) is 6.92 Å². The lowest BCUT2D eigenvalue weighted by Gasteiger charge is -2.36. The number of carbonyl (C=O) groups excluding carboxylic acids is 1. The molecule has 7 heteroatoms. The molecule has 0 bridgehead atoms. The van der Waals surface area contributed by atoms with Crippen LogP contribution in [0.2, 0.25) is 0 Å². The number of nitrogens with two attached hydrogens (primary N) is 1. The minimum atomic E-state index is 0.00635. The van der Waals surface area contributed by atoms with Crippen molar-refractivity contribution in [1.29, 1.82) is 0 Å². The summed E-state index contributed by atoms with van der Waals surface area (Å²) < 4.78 is 5.02. The summed E-state index contributed by atoms with van der Waals surface area (Å²) in [6.07, 6.45) is 0. The molecule has 1 aliphatic rings. The number of ether oxygens (including phenoxy) is 1. The summed E-state index contributed by atoms with van der Waals surface area (Å²) in [6, 6.07) is 10.3. The summed E-state index contributed by atoms with van der Waals surface area (Å²) in [7, 11) is 1.63. The highest BCUT2D eigenvalue weighted by molar-refractivity contribution is 5.84. The Morgan fingerprint density at radius 2 is 1.96 bits per heavy atom. The molecular weight excluding hydrogens is 306 g/mol. The molecule has 0 saturated carbocycles. The molecule has 0 aromatic heterocycles. The first-order valence-corrected chi connectivity index (χ1v) is 8.23. The minimum absolute atomic E-state index is 0.00635. The number of methoxy groups -OCH3 is 1. The maximum Gasteiger partial charge on any atom is 0.244 e. The van der Waals surface area contributed by atoms with E-state index in [9.17, 15) is 4.79 Å². The van der Waals surface area contributed by atoms with E-state index in [0.29, 0.717) is 19.7 Å². The van der Waals surface area contributed by atoms with Crippen molar-refractivity contribution in [3.8, 4) is 0 Å². The van der Waals surface area contributed by atoms with Crippen molar-refractivity contribution in [3.05, 3.63) is 30.3 Å². The molecule has 1 fully saturated rings. The predicted octanol–water partition coefficient (Wildman–Crippen LogP) is 0.274. The van der Waals surface area contributed by atoms with Crippen LogP contribution in [0.15, 0.2) is 35.3 Å². The van der Waals surface area contributed by atoms with E-state index < -0.39 is 0 Å². The van der Waals surface area contributed by atoms with Crippen LogP contribution in [0.25, 0.3) is 0 Å². The van der Waals surface area contributed by atoms with Gasteiger partial charge in [0.1, 0.15) is 6.54 Å². The van der Waals surface area contributed by atoms with Gasteiger partial charge in [0.05, 0.1) is 6.61 Å². The number of para-hydroxylation sites is 1. The highest BCUT2D eigenvalue weighted by Gasteiger charge is 2.20. The zero-order valence-electron chi connectivity index (χ0n) is 14.4. The van der Waals surface area contributed by atoms with Gasteiger partial charge in [-0.15, -0.1) is 0 Å². The fourth-order valence-corrected chi connectivity index (χ4v) is 2.70. The fraction of sp³-hybridized carbons (Fsp3) is 0.529. The van der Waals surface area contributed by atoms with E-state index >= 15 is 0 Å². The lowest BCUT2D eigenvalue weighted by molar-refractivity contribution is -0.129. The molecule has 1 aromatic rings. The fourth-order valence-electron chi connectivity index (χ4n) is 2.70. The van der Waals surface area contributed by atoms with Crippen LogP contribution in [-0.4, -0.2) is 69.2 Å². The molecule has 1 unspecified atom stereocenters. The van der Waals surface area contributed by atoms with Crippen molar-refractivity contribution in [2.45, 2.75) is 13.0 Å². The quantitative estimate of drug-likeness (QED) is 0.577. The molecule has 2 rings (SSSR count). The summed E-state index contributed by atoms with van der Waals surface area (Å²) in [5.41, 5.74) is 6.98. The normalized spacial score (nSPS) is 16.8. The number of nitrogens with one attached hydrogen (secondary N) is 1. The number of hydrogen-bond acceptors (Lipinski definition) is 4. The van der Waals surface area contributed by atoms with Crippen LogP contribution >= 0.6 is 0 Å². The van der Waals surface area contributed by atoms with Gasteiger partial charge < -0.3 is 25.6 Å². The van der Waals surface area contributed by atoms with E-state index in [0.717, 1.165) is 13.1 Å². The van der Waals surface area contributed by atoms with Gasteiger partial charge in [-0.05, 0) is 19.1 Å². The van der Waals surface area contributed by atoms with Gasteiger partial charge in [0, 0.05) is 45.0 Å². The van der Waals surface area contributed by atoms with Gasteiger partial charge in [-0.25, -0.2) is 4.99 Å². The number of aliphatic imine (C=N–C) groups is 1. The Hall–Kier alpha value is -2.28. The molecule has 132 valence electrons. The second kappa shape index (κ2) is 9.12. The van der Waals surface area contributed by atoms with Crippen molar-refractivity contribution in [1.82, 2.24) is 10.2 Å². The summed E-state index contributed by atoms with van der Waals surface area (Å²) in [5.74, 6) is 0.280. The Bertz CT molecular complexity index is 541. The van der Waals surface area contributed by atoms with Crippen LogP contribution < -0.4 is 16.0 Å². The van der Waals surface area contributed by atoms with E-state index in [1.165, 1.54) is 5.69 Å². The lowest BCUT2D eigenvalue weighted by Crippen LogP contribution is -2.49. The molecule has 3 N–H and O–H groups in total. The lowest BCUT2D eigenvalue weighted by atomic mass is 10.2. The standard InChI is InChI=1S/C17H27N5O2/c1-14(13-24-2)20-17(18)19-12-16(23)22-10-8-21(9-11-22)15-6-4-3-5-7-15/h3-7,14H,8-13H2,1-2H3,(H3,18,19,20). The molecule has 0 radical (unpaired) electrons. The van der Waals surface area contributed by atoms with Crippen LogP contribution in [0.3, 0.4) is 0 Å². The predicted molar refractivity (Wildman–Crippen MR) is 96.2 cm³/mol. The molecule has 1 aromatic carbocycles. The zero-order valence-corrected chi connectivity index (χ0v) is 14.4. The molecule has 1 aliphatic heterocycles. The van der Waals surface area contributed by atoms with Crippen molar-refractivity contribution in [3.63, 3.8) is 0 Å². The molecule has 0 spiro atoms. The number of rotatable bonds is 6.